The van der Waals surface area contributed by atoms with Gasteiger partial charge in [0.2, 0.25) is 0 Å². The number of benzene rings is 1. The number of nitrogens with zero attached hydrogens (tertiary/aromatic N) is 1. The van der Waals surface area contributed by atoms with E-state index in [1.54, 1.807) is 0 Å². The lowest BCUT2D eigenvalue weighted by Crippen LogP contribution is -2.47. The molecule has 0 aliphatic carbocycles. The van der Waals surface area contributed by atoms with Gasteiger partial charge in [-0.2, -0.15) is 0 Å². The van der Waals surface area contributed by atoms with E-state index < -0.39 is 11.4 Å². The molecule has 3 nitrogen and oxygen atoms in total. The molecule has 110 valence electrons. The number of rotatable bonds is 5. The molecule has 2 unspecified atom stereocenters. The van der Waals surface area contributed by atoms with Gasteiger partial charge in [0.1, 0.15) is 5.41 Å². The molecule has 0 amide bonds. The molecule has 0 saturated carbocycles. The normalized spacial score (nSPS) is 23.2. The maximum absolute atomic E-state index is 11.8. The Hall–Kier alpha value is -1.35. The Labute approximate surface area is 121 Å². The zero-order valence-corrected chi connectivity index (χ0v) is 12.5. The Kier molecular flexibility index (Phi) is 4.81. The fourth-order valence-electron chi connectivity index (χ4n) is 3.16. The highest BCUT2D eigenvalue weighted by molar-refractivity contribution is 5.81. The summed E-state index contributed by atoms with van der Waals surface area (Å²) in [6.07, 6.45) is 3.65. The maximum atomic E-state index is 11.8. The van der Waals surface area contributed by atoms with Crippen molar-refractivity contribution >= 4 is 5.97 Å². The van der Waals surface area contributed by atoms with Crippen molar-refractivity contribution in [3.05, 3.63) is 35.9 Å². The quantitative estimate of drug-likeness (QED) is 0.897. The van der Waals surface area contributed by atoms with Gasteiger partial charge in [-0.1, -0.05) is 43.7 Å². The van der Waals surface area contributed by atoms with Crippen LogP contribution in [0, 0.1) is 5.92 Å². The van der Waals surface area contributed by atoms with Crippen LogP contribution in [0.25, 0.3) is 0 Å². The number of likely N-dealkylation sites (tertiary alicyclic amines) is 1. The summed E-state index contributed by atoms with van der Waals surface area (Å²) in [7, 11) is 0. The summed E-state index contributed by atoms with van der Waals surface area (Å²) in [5.41, 5.74) is 0.0720. The van der Waals surface area contributed by atoms with Crippen molar-refractivity contribution < 1.29 is 9.90 Å². The van der Waals surface area contributed by atoms with Crippen LogP contribution in [0.3, 0.4) is 0 Å². The van der Waals surface area contributed by atoms with Crippen LogP contribution in [-0.4, -0.2) is 35.6 Å². The molecule has 1 aliphatic heterocycles. The minimum Gasteiger partial charge on any atom is -0.481 e. The first-order valence-corrected chi connectivity index (χ1v) is 7.57. The van der Waals surface area contributed by atoms with Gasteiger partial charge >= 0.3 is 5.97 Å². The maximum Gasteiger partial charge on any atom is 0.315 e. The zero-order valence-electron chi connectivity index (χ0n) is 12.5. The number of carboxylic acid groups (broad SMARTS) is 1. The number of hydrogen-bond acceptors (Lipinski definition) is 2. The van der Waals surface area contributed by atoms with Gasteiger partial charge in [-0.3, -0.25) is 4.79 Å². The molecule has 1 heterocycles. The summed E-state index contributed by atoms with van der Waals surface area (Å²) >= 11 is 0. The highest BCUT2D eigenvalue weighted by atomic mass is 16.4. The van der Waals surface area contributed by atoms with E-state index in [9.17, 15) is 9.90 Å². The summed E-state index contributed by atoms with van der Waals surface area (Å²) < 4.78 is 0. The molecule has 20 heavy (non-hydrogen) atoms. The Bertz CT molecular complexity index is 446. The second-order valence-corrected chi connectivity index (χ2v) is 6.15. The van der Waals surface area contributed by atoms with E-state index in [-0.39, 0.29) is 0 Å². The minimum absolute atomic E-state index is 0.600. The first-order chi connectivity index (χ1) is 9.56. The Morgan fingerprint density at radius 3 is 2.70 bits per heavy atom. The van der Waals surface area contributed by atoms with Crippen molar-refractivity contribution in [2.75, 3.05) is 19.6 Å². The largest absolute Gasteiger partial charge is 0.481 e. The lowest BCUT2D eigenvalue weighted by molar-refractivity contribution is -0.144. The van der Waals surface area contributed by atoms with Crippen molar-refractivity contribution in [3.8, 4) is 0 Å². The van der Waals surface area contributed by atoms with E-state index in [0.29, 0.717) is 6.54 Å². The fraction of sp³-hybridized carbons (Fsp3) is 0.588. The van der Waals surface area contributed by atoms with Gasteiger partial charge in [0.05, 0.1) is 0 Å². The molecule has 0 radical (unpaired) electrons. The number of carbonyl (C=O) groups is 1. The lowest BCUT2D eigenvalue weighted by atomic mass is 9.81. The third kappa shape index (κ3) is 3.21. The first-order valence-electron chi connectivity index (χ1n) is 7.57. The van der Waals surface area contributed by atoms with Crippen molar-refractivity contribution in [2.45, 2.75) is 38.5 Å². The van der Waals surface area contributed by atoms with Crippen LogP contribution in [0.4, 0.5) is 0 Å². The lowest BCUT2D eigenvalue weighted by Gasteiger charge is -2.37. The summed E-state index contributed by atoms with van der Waals surface area (Å²) in [6, 6.07) is 9.62. The van der Waals surface area contributed by atoms with Gasteiger partial charge in [-0.25, -0.2) is 0 Å². The van der Waals surface area contributed by atoms with Crippen molar-refractivity contribution in [1.29, 1.82) is 0 Å². The van der Waals surface area contributed by atoms with E-state index in [0.717, 1.165) is 24.6 Å². The van der Waals surface area contributed by atoms with Crippen molar-refractivity contribution in [1.82, 2.24) is 4.90 Å². The number of aliphatic carboxylic acids is 1. The highest BCUT2D eigenvalue weighted by Crippen LogP contribution is 2.28. The minimum atomic E-state index is -0.823. The topological polar surface area (TPSA) is 40.5 Å². The van der Waals surface area contributed by atoms with Crippen LogP contribution in [0.2, 0.25) is 0 Å². The summed E-state index contributed by atoms with van der Waals surface area (Å²) in [4.78, 5) is 14.2. The van der Waals surface area contributed by atoms with E-state index in [1.807, 2.05) is 37.3 Å². The van der Waals surface area contributed by atoms with Crippen LogP contribution in [0.5, 0.6) is 0 Å². The Morgan fingerprint density at radius 2 is 2.10 bits per heavy atom. The predicted molar refractivity (Wildman–Crippen MR) is 80.9 cm³/mol. The molecule has 1 saturated heterocycles. The summed E-state index contributed by atoms with van der Waals surface area (Å²) in [6.45, 7) is 6.73. The second kappa shape index (κ2) is 6.40. The average Bonchev–Trinajstić information content (AvgIpc) is 2.48. The molecule has 2 rings (SSSR count). The number of piperidine rings is 1. The molecule has 0 spiro atoms. The van der Waals surface area contributed by atoms with Crippen LogP contribution in [0.1, 0.15) is 38.7 Å². The molecule has 1 fully saturated rings. The van der Waals surface area contributed by atoms with E-state index in [4.69, 9.17) is 0 Å². The van der Waals surface area contributed by atoms with Crippen LogP contribution < -0.4 is 0 Å². The molecule has 3 heteroatoms. The van der Waals surface area contributed by atoms with Gasteiger partial charge < -0.3 is 10.0 Å². The first kappa shape index (κ1) is 15.0. The third-order valence-corrected chi connectivity index (χ3v) is 4.60. The van der Waals surface area contributed by atoms with Gasteiger partial charge in [0.25, 0.3) is 0 Å². The average molecular weight is 275 g/mol. The third-order valence-electron chi connectivity index (χ3n) is 4.60. The molecule has 1 aliphatic rings. The number of hydrogen-bond donors (Lipinski definition) is 1. The number of carboxylic acids is 1. The van der Waals surface area contributed by atoms with Crippen LogP contribution >= 0.6 is 0 Å². The molecule has 1 N–H and O–H groups in total. The van der Waals surface area contributed by atoms with E-state index in [2.05, 4.69) is 11.8 Å². The van der Waals surface area contributed by atoms with E-state index >= 15 is 0 Å². The SMILES string of the molecule is CCC1CCCN(CC(C)(C(=O)O)c2ccccc2)C1. The molecule has 2 atom stereocenters. The Balaban J connectivity index is 2.15. The van der Waals surface area contributed by atoms with E-state index in [1.165, 1.54) is 19.3 Å². The molecule has 1 aromatic carbocycles. The smallest absolute Gasteiger partial charge is 0.315 e. The Morgan fingerprint density at radius 1 is 1.40 bits per heavy atom. The fourth-order valence-corrected chi connectivity index (χ4v) is 3.16. The molecular formula is C17H25NO2. The van der Waals surface area contributed by atoms with Crippen molar-refractivity contribution in [3.63, 3.8) is 0 Å². The monoisotopic (exact) mass is 275 g/mol. The highest BCUT2D eigenvalue weighted by Gasteiger charge is 2.37. The second-order valence-electron chi connectivity index (χ2n) is 6.15. The standard InChI is InChI=1S/C17H25NO2/c1-3-14-8-7-11-18(12-14)13-17(2,16(19)20)15-9-5-4-6-10-15/h4-6,9-10,14H,3,7-8,11-13H2,1-2H3,(H,19,20). The molecular weight excluding hydrogens is 250 g/mol. The van der Waals surface area contributed by atoms with Crippen LogP contribution in [-0.2, 0) is 10.2 Å². The van der Waals surface area contributed by atoms with Gasteiger partial charge in [0.15, 0.2) is 0 Å². The van der Waals surface area contributed by atoms with Crippen molar-refractivity contribution in [2.24, 2.45) is 5.92 Å². The van der Waals surface area contributed by atoms with Crippen LogP contribution in [0.15, 0.2) is 30.3 Å². The zero-order chi connectivity index (χ0) is 14.6. The summed E-state index contributed by atoms with van der Waals surface area (Å²) in [5, 5.41) is 9.71. The molecule has 1 aromatic rings. The molecule has 0 bridgehead atoms. The molecule has 0 aromatic heterocycles. The summed E-state index contributed by atoms with van der Waals surface area (Å²) in [5.74, 6) is -0.0140. The predicted octanol–water partition coefficient (Wildman–Crippen LogP) is 3.15. The van der Waals surface area contributed by atoms with Gasteiger partial charge in [-0.15, -0.1) is 0 Å². The van der Waals surface area contributed by atoms with Gasteiger partial charge in [-0.05, 0) is 37.8 Å². The van der Waals surface area contributed by atoms with Gasteiger partial charge in [0, 0.05) is 13.1 Å².